The van der Waals surface area contributed by atoms with E-state index < -0.39 is 0 Å². The molecule has 1 aromatic rings. The number of hydrogen-bond donors (Lipinski definition) is 2. The molecule has 1 fully saturated rings. The predicted molar refractivity (Wildman–Crippen MR) is 104 cm³/mol. The minimum absolute atomic E-state index is 0.0376. The van der Waals surface area contributed by atoms with E-state index in [2.05, 4.69) is 34.6 Å². The average Bonchev–Trinajstić information content (AvgIpc) is 2.59. The van der Waals surface area contributed by atoms with Crippen LogP contribution in [-0.4, -0.2) is 66.4 Å². The van der Waals surface area contributed by atoms with E-state index in [0.717, 1.165) is 13.1 Å². The van der Waals surface area contributed by atoms with Crippen molar-refractivity contribution in [3.63, 3.8) is 0 Å². The quantitative estimate of drug-likeness (QED) is 0.805. The van der Waals surface area contributed by atoms with Gasteiger partial charge >= 0.3 is 0 Å². The molecule has 1 heterocycles. The molecule has 0 saturated carbocycles. The second kappa shape index (κ2) is 9.14. The largest absolute Gasteiger partial charge is 0.350 e. The second-order valence-electron chi connectivity index (χ2n) is 7.97. The lowest BCUT2D eigenvalue weighted by molar-refractivity contribution is -0.132. The summed E-state index contributed by atoms with van der Waals surface area (Å²) < 4.78 is 0. The van der Waals surface area contributed by atoms with E-state index in [-0.39, 0.29) is 23.4 Å². The van der Waals surface area contributed by atoms with Crippen LogP contribution in [0.15, 0.2) is 30.3 Å². The molecule has 6 nitrogen and oxygen atoms in total. The van der Waals surface area contributed by atoms with Crippen LogP contribution in [0.3, 0.4) is 0 Å². The molecule has 2 rings (SSSR count). The molecule has 0 spiro atoms. The van der Waals surface area contributed by atoms with Gasteiger partial charge in [0.25, 0.3) is 0 Å². The zero-order chi connectivity index (χ0) is 19.2. The van der Waals surface area contributed by atoms with E-state index in [1.807, 2.05) is 43.9 Å². The van der Waals surface area contributed by atoms with E-state index in [4.69, 9.17) is 0 Å². The van der Waals surface area contributed by atoms with E-state index in [1.54, 1.807) is 0 Å². The third-order valence-electron chi connectivity index (χ3n) is 4.47. The fraction of sp³-hybridized carbons (Fsp3) is 0.600. The Morgan fingerprint density at radius 1 is 1.08 bits per heavy atom. The van der Waals surface area contributed by atoms with Gasteiger partial charge in [0.15, 0.2) is 0 Å². The molecule has 1 atom stereocenters. The van der Waals surface area contributed by atoms with E-state index in [9.17, 15) is 9.59 Å². The van der Waals surface area contributed by atoms with Gasteiger partial charge in [-0.3, -0.25) is 14.5 Å². The van der Waals surface area contributed by atoms with Crippen molar-refractivity contribution in [2.24, 2.45) is 0 Å². The molecule has 2 N–H and O–H groups in total. The van der Waals surface area contributed by atoms with E-state index in [0.29, 0.717) is 26.2 Å². The molecule has 0 bridgehead atoms. The van der Waals surface area contributed by atoms with Gasteiger partial charge in [-0.15, -0.1) is 0 Å². The Balaban J connectivity index is 1.70. The average molecular weight is 361 g/mol. The third kappa shape index (κ3) is 6.77. The van der Waals surface area contributed by atoms with Crippen LogP contribution in [0.1, 0.15) is 39.3 Å². The van der Waals surface area contributed by atoms with Gasteiger partial charge in [-0.25, -0.2) is 0 Å². The van der Waals surface area contributed by atoms with Gasteiger partial charge in [-0.05, 0) is 33.3 Å². The summed E-state index contributed by atoms with van der Waals surface area (Å²) >= 11 is 0. The first kappa shape index (κ1) is 20.4. The Bertz CT molecular complexity index is 590. The summed E-state index contributed by atoms with van der Waals surface area (Å²) in [5, 5.41) is 6.27. The summed E-state index contributed by atoms with van der Waals surface area (Å²) in [6.07, 6.45) is 0. The molecule has 1 aromatic carbocycles. The van der Waals surface area contributed by atoms with Gasteiger partial charge in [0.05, 0.1) is 13.1 Å². The molecule has 1 saturated heterocycles. The molecule has 26 heavy (non-hydrogen) atoms. The van der Waals surface area contributed by atoms with Crippen molar-refractivity contribution in [3.8, 4) is 0 Å². The topological polar surface area (TPSA) is 64.7 Å². The summed E-state index contributed by atoms with van der Waals surface area (Å²) in [6, 6.07) is 10.3. The van der Waals surface area contributed by atoms with Crippen LogP contribution in [0.5, 0.6) is 0 Å². The minimum Gasteiger partial charge on any atom is -0.350 e. The highest BCUT2D eigenvalue weighted by molar-refractivity contribution is 5.79. The molecular weight excluding hydrogens is 328 g/mol. The zero-order valence-corrected chi connectivity index (χ0v) is 16.4. The van der Waals surface area contributed by atoms with Gasteiger partial charge in [0.1, 0.15) is 0 Å². The number of nitrogens with one attached hydrogen (secondary N) is 2. The van der Waals surface area contributed by atoms with Crippen molar-refractivity contribution in [1.82, 2.24) is 20.4 Å². The molecule has 1 aliphatic heterocycles. The van der Waals surface area contributed by atoms with Crippen LogP contribution >= 0.6 is 0 Å². The Labute approximate surface area is 156 Å². The standard InChI is InChI=1S/C20H32N4O2/c1-16(17-8-6-5-7-9-17)21-14-19(26)24-12-10-23(11-13-24)15-18(25)22-20(2,3)4/h5-9,16,21H,10-15H2,1-4H3,(H,22,25)/t16-/m1/s1. The lowest BCUT2D eigenvalue weighted by atomic mass is 10.1. The summed E-state index contributed by atoms with van der Waals surface area (Å²) in [4.78, 5) is 28.4. The summed E-state index contributed by atoms with van der Waals surface area (Å²) in [7, 11) is 0. The van der Waals surface area contributed by atoms with Gasteiger partial charge in [0.2, 0.25) is 11.8 Å². The van der Waals surface area contributed by atoms with Crippen LogP contribution in [0, 0.1) is 0 Å². The van der Waals surface area contributed by atoms with E-state index in [1.165, 1.54) is 5.56 Å². The van der Waals surface area contributed by atoms with Crippen molar-refractivity contribution < 1.29 is 9.59 Å². The fourth-order valence-electron chi connectivity index (χ4n) is 3.03. The monoisotopic (exact) mass is 360 g/mol. The third-order valence-corrected chi connectivity index (χ3v) is 4.47. The van der Waals surface area contributed by atoms with Crippen molar-refractivity contribution in [2.75, 3.05) is 39.3 Å². The first-order valence-electron chi connectivity index (χ1n) is 9.34. The summed E-state index contributed by atoms with van der Waals surface area (Å²) in [5.41, 5.74) is 0.964. The molecular formula is C20H32N4O2. The maximum atomic E-state index is 12.4. The smallest absolute Gasteiger partial charge is 0.236 e. The second-order valence-corrected chi connectivity index (χ2v) is 7.97. The molecule has 0 aromatic heterocycles. The highest BCUT2D eigenvalue weighted by Gasteiger charge is 2.23. The van der Waals surface area contributed by atoms with Gasteiger partial charge in [0, 0.05) is 37.8 Å². The summed E-state index contributed by atoms with van der Waals surface area (Å²) in [6.45, 7) is 11.5. The maximum Gasteiger partial charge on any atom is 0.236 e. The van der Waals surface area contributed by atoms with Crippen LogP contribution in [0.25, 0.3) is 0 Å². The van der Waals surface area contributed by atoms with Crippen molar-refractivity contribution >= 4 is 11.8 Å². The van der Waals surface area contributed by atoms with Crippen LogP contribution in [-0.2, 0) is 9.59 Å². The summed E-state index contributed by atoms with van der Waals surface area (Å²) in [5.74, 6) is 0.155. The molecule has 0 unspecified atom stereocenters. The van der Waals surface area contributed by atoms with Gasteiger partial charge in [-0.2, -0.15) is 0 Å². The predicted octanol–water partition coefficient (Wildman–Crippen LogP) is 1.40. The Hall–Kier alpha value is -1.92. The highest BCUT2D eigenvalue weighted by atomic mass is 16.2. The number of carbonyl (C=O) groups excluding carboxylic acids is 2. The number of piperazine rings is 1. The van der Waals surface area contributed by atoms with Gasteiger partial charge in [-0.1, -0.05) is 30.3 Å². The Kier molecular flexibility index (Phi) is 7.17. The lowest BCUT2D eigenvalue weighted by Crippen LogP contribution is -2.54. The molecule has 0 radical (unpaired) electrons. The number of rotatable bonds is 6. The number of hydrogen-bond acceptors (Lipinski definition) is 4. The maximum absolute atomic E-state index is 12.4. The zero-order valence-electron chi connectivity index (χ0n) is 16.4. The van der Waals surface area contributed by atoms with Crippen LogP contribution in [0.4, 0.5) is 0 Å². The number of benzene rings is 1. The molecule has 6 heteroatoms. The normalized spacial score (nSPS) is 17.0. The van der Waals surface area contributed by atoms with E-state index >= 15 is 0 Å². The van der Waals surface area contributed by atoms with Crippen molar-refractivity contribution in [1.29, 1.82) is 0 Å². The molecule has 144 valence electrons. The Morgan fingerprint density at radius 3 is 2.27 bits per heavy atom. The van der Waals surface area contributed by atoms with Crippen LogP contribution < -0.4 is 10.6 Å². The van der Waals surface area contributed by atoms with Crippen LogP contribution in [0.2, 0.25) is 0 Å². The number of carbonyl (C=O) groups is 2. The fourth-order valence-corrected chi connectivity index (χ4v) is 3.03. The SMILES string of the molecule is C[C@@H](NCC(=O)N1CCN(CC(=O)NC(C)(C)C)CC1)c1ccccc1. The molecule has 2 amide bonds. The Morgan fingerprint density at radius 2 is 1.69 bits per heavy atom. The molecule has 1 aliphatic rings. The molecule has 0 aliphatic carbocycles. The van der Waals surface area contributed by atoms with Gasteiger partial charge < -0.3 is 15.5 Å². The first-order valence-corrected chi connectivity index (χ1v) is 9.34. The minimum atomic E-state index is -0.212. The number of nitrogens with zero attached hydrogens (tertiary/aromatic N) is 2. The highest BCUT2D eigenvalue weighted by Crippen LogP contribution is 2.11. The lowest BCUT2D eigenvalue weighted by Gasteiger charge is -2.35. The number of amides is 2. The van der Waals surface area contributed by atoms with Crippen molar-refractivity contribution in [2.45, 2.75) is 39.3 Å². The van der Waals surface area contributed by atoms with Crippen molar-refractivity contribution in [3.05, 3.63) is 35.9 Å². The first-order chi connectivity index (χ1) is 12.2.